The molecule has 0 fully saturated rings. The van der Waals surface area contributed by atoms with E-state index in [2.05, 4.69) is 10.3 Å². The third-order valence-corrected chi connectivity index (χ3v) is 7.13. The molecule has 4 rings (SSSR count). The molecule has 192 valence electrons. The van der Waals surface area contributed by atoms with Crippen LogP contribution in [0.2, 0.25) is 0 Å². The Morgan fingerprint density at radius 3 is 2.28 bits per heavy atom. The van der Waals surface area contributed by atoms with Gasteiger partial charge >= 0.3 is 5.97 Å². The lowest BCUT2D eigenvalue weighted by Gasteiger charge is -2.31. The minimum atomic E-state index is -0.874. The van der Waals surface area contributed by atoms with Crippen molar-refractivity contribution in [3.05, 3.63) is 101 Å². The van der Waals surface area contributed by atoms with Crippen molar-refractivity contribution in [2.24, 2.45) is 5.73 Å². The van der Waals surface area contributed by atoms with Gasteiger partial charge in [-0.3, -0.25) is 9.78 Å². The average Bonchev–Trinajstić information content (AvgIpc) is 2.83. The first-order valence-electron chi connectivity index (χ1n) is 13.1. The number of nitrogens with two attached hydrogens (primary N) is 1. The molecule has 1 amide bonds. The molecule has 0 spiro atoms. The Hall–Kier alpha value is -3.71. The van der Waals surface area contributed by atoms with Gasteiger partial charge in [0.25, 0.3) is 0 Å². The summed E-state index contributed by atoms with van der Waals surface area (Å²) < 4.78 is 5.92. The van der Waals surface area contributed by atoms with E-state index >= 15 is 0 Å². The van der Waals surface area contributed by atoms with Crippen molar-refractivity contribution in [2.75, 3.05) is 5.32 Å². The summed E-state index contributed by atoms with van der Waals surface area (Å²) in [5.41, 5.74) is 12.3. The van der Waals surface area contributed by atoms with Gasteiger partial charge in [0.1, 0.15) is 15.7 Å². The molecule has 0 saturated heterocycles. The number of rotatable bonds is 7. The summed E-state index contributed by atoms with van der Waals surface area (Å²) in [7, 11) is 9.37. The highest BCUT2D eigenvalue weighted by Gasteiger charge is 2.34. The van der Waals surface area contributed by atoms with E-state index in [4.69, 9.17) is 10.5 Å². The molecule has 0 unspecified atom stereocenters. The predicted octanol–water partition coefficient (Wildman–Crippen LogP) is -1.06. The number of aromatic nitrogens is 1. The van der Waals surface area contributed by atoms with Crippen LogP contribution in [0, 0.1) is 13.8 Å². The topological polar surface area (TPSA) is 94.3 Å². The number of carbonyl (C=O) groups is 2. The van der Waals surface area contributed by atoms with E-state index in [9.17, 15) is 9.59 Å². The van der Waals surface area contributed by atoms with Gasteiger partial charge in [-0.1, -0.05) is 48.0 Å². The lowest BCUT2D eigenvalue weighted by molar-refractivity contribution is -0.117. The third-order valence-electron chi connectivity index (χ3n) is 7.13. The molecule has 1 heterocycles. The third kappa shape index (κ3) is 6.31. The van der Waals surface area contributed by atoms with Gasteiger partial charge < -0.3 is 15.8 Å². The van der Waals surface area contributed by atoms with Crippen LogP contribution in [0.3, 0.4) is 0 Å². The molecule has 39 heavy (non-hydrogen) atoms. The molecule has 1 aromatic heterocycles. The monoisotopic (exact) mass is 513 g/mol. The number of pyridine rings is 1. The molecule has 0 aliphatic carbocycles. The molecule has 0 bridgehead atoms. The zero-order valence-corrected chi connectivity index (χ0v) is 23.8. The Bertz CT molecular complexity index is 1550. The highest BCUT2D eigenvalue weighted by Crippen LogP contribution is 2.29. The van der Waals surface area contributed by atoms with Crippen LogP contribution in [0.4, 0.5) is 5.69 Å². The number of anilines is 1. The van der Waals surface area contributed by atoms with E-state index in [1.807, 2.05) is 114 Å². The molecule has 4 aromatic rings. The van der Waals surface area contributed by atoms with E-state index in [-0.39, 0.29) is 11.9 Å². The summed E-state index contributed by atoms with van der Waals surface area (Å²) in [5, 5.41) is 3.40. The van der Waals surface area contributed by atoms with E-state index < -0.39 is 16.7 Å². The molecule has 0 radical (unpaired) electrons. The van der Waals surface area contributed by atoms with Crippen LogP contribution in [0.15, 0.2) is 72.9 Å². The van der Waals surface area contributed by atoms with Gasteiger partial charge in [0, 0.05) is 17.5 Å². The van der Waals surface area contributed by atoms with E-state index in [0.29, 0.717) is 11.3 Å². The SMILES string of the molecule is Bc1nccc2cc(NC(=O)[C@@H](c3ccc(C(B)(B)OC(=O)c4ccc(C)cc4C)cc3)C(B)(B)N)ccc12. The molecule has 3 aromatic carbocycles. The van der Waals surface area contributed by atoms with E-state index in [0.717, 1.165) is 38.6 Å². The van der Waals surface area contributed by atoms with Gasteiger partial charge in [-0.15, -0.1) is 0 Å². The summed E-state index contributed by atoms with van der Waals surface area (Å²) in [6, 6.07) is 20.9. The van der Waals surface area contributed by atoms with Crippen molar-refractivity contribution < 1.29 is 14.3 Å². The molecule has 0 aliphatic heterocycles. The number of nitrogens with one attached hydrogen (secondary N) is 1. The maximum Gasteiger partial charge on any atom is 0.337 e. The fraction of sp³-hybridized carbons (Fsp3) is 0.179. The highest BCUT2D eigenvalue weighted by molar-refractivity contribution is 6.42. The molecule has 0 saturated carbocycles. The standard InChI is InChI=1S/C28H32B5N3O3/c1-15-3-9-21(16(2)13-15)26(38)39-28(32,33)19-6-4-17(5-7-19)23(27(30,31)34)25(37)36-20-8-10-22-18(14-20)11-12-35-24(22)29/h3-14,23H,29-34H2,1-2H3,(H,36,37)/t23-/m1/s1. The molecular formula is C28H32B5N3O3. The number of nitrogens with zero attached hydrogens (tertiary/aromatic N) is 1. The number of hydrogen-bond acceptors (Lipinski definition) is 5. The number of aryl methyl sites for hydroxylation is 2. The lowest BCUT2D eigenvalue weighted by Crippen LogP contribution is -2.51. The Kier molecular flexibility index (Phi) is 7.85. The van der Waals surface area contributed by atoms with E-state index in [1.54, 1.807) is 12.3 Å². The normalized spacial score (nSPS) is 12.6. The first-order chi connectivity index (χ1) is 18.3. The summed E-state index contributed by atoms with van der Waals surface area (Å²) >= 11 is 0. The quantitative estimate of drug-likeness (QED) is 0.243. The van der Waals surface area contributed by atoms with Gasteiger partial charge in [-0.05, 0) is 70.9 Å². The number of ether oxygens (including phenoxy) is 1. The zero-order valence-electron chi connectivity index (χ0n) is 23.8. The van der Waals surface area contributed by atoms with Crippen molar-refractivity contribution in [3.63, 3.8) is 0 Å². The number of hydrogen-bond donors (Lipinski definition) is 2. The minimum absolute atomic E-state index is 0.194. The number of amides is 1. The second kappa shape index (κ2) is 10.8. The van der Waals surface area contributed by atoms with Crippen molar-refractivity contribution in [2.45, 2.75) is 30.5 Å². The van der Waals surface area contributed by atoms with Crippen LogP contribution in [0.5, 0.6) is 0 Å². The predicted molar refractivity (Wildman–Crippen MR) is 172 cm³/mol. The van der Waals surface area contributed by atoms with Crippen molar-refractivity contribution >= 4 is 73.2 Å². The van der Waals surface area contributed by atoms with Gasteiger partial charge in [-0.2, -0.15) is 0 Å². The Morgan fingerprint density at radius 1 is 0.949 bits per heavy atom. The fourth-order valence-electron chi connectivity index (χ4n) is 5.01. The molecule has 6 nitrogen and oxygen atoms in total. The van der Waals surface area contributed by atoms with E-state index in [1.165, 1.54) is 0 Å². The molecule has 0 aliphatic rings. The number of esters is 1. The van der Waals surface area contributed by atoms with Gasteiger partial charge in [0.05, 0.1) is 16.9 Å². The van der Waals surface area contributed by atoms with Crippen LogP contribution in [-0.2, 0) is 14.9 Å². The van der Waals surface area contributed by atoms with Crippen LogP contribution in [-0.4, -0.2) is 61.4 Å². The smallest absolute Gasteiger partial charge is 0.337 e. The van der Waals surface area contributed by atoms with Crippen molar-refractivity contribution in [3.8, 4) is 0 Å². The molecule has 3 N–H and O–H groups in total. The molecule has 11 heteroatoms. The summed E-state index contributed by atoms with van der Waals surface area (Å²) in [4.78, 5) is 30.8. The molecular weight excluding hydrogens is 480 g/mol. The second-order valence-corrected chi connectivity index (χ2v) is 11.4. The second-order valence-electron chi connectivity index (χ2n) is 11.4. The van der Waals surface area contributed by atoms with Crippen LogP contribution >= 0.6 is 0 Å². The fourth-order valence-corrected chi connectivity index (χ4v) is 5.01. The van der Waals surface area contributed by atoms with Crippen LogP contribution in [0.1, 0.15) is 38.5 Å². The Morgan fingerprint density at radius 2 is 1.64 bits per heavy atom. The Balaban J connectivity index is 1.55. The Labute approximate surface area is 234 Å². The average molecular weight is 513 g/mol. The van der Waals surface area contributed by atoms with Crippen LogP contribution < -0.4 is 16.6 Å². The summed E-state index contributed by atoms with van der Waals surface area (Å²) in [5.74, 6) is -1.17. The maximum absolute atomic E-state index is 13.5. The first kappa shape index (κ1) is 28.3. The lowest BCUT2D eigenvalue weighted by atomic mass is 9.54. The van der Waals surface area contributed by atoms with Crippen molar-refractivity contribution in [1.82, 2.24) is 4.98 Å². The minimum Gasteiger partial charge on any atom is -0.470 e. The number of carbonyl (C=O) groups excluding carboxylic acids is 2. The van der Waals surface area contributed by atoms with Crippen LogP contribution in [0.25, 0.3) is 10.8 Å². The van der Waals surface area contributed by atoms with Gasteiger partial charge in [0.2, 0.25) is 5.91 Å². The largest absolute Gasteiger partial charge is 0.470 e. The number of benzene rings is 3. The highest BCUT2D eigenvalue weighted by atomic mass is 16.5. The summed E-state index contributed by atoms with van der Waals surface area (Å²) in [6.45, 7) is 3.89. The van der Waals surface area contributed by atoms with Gasteiger partial charge in [0.15, 0.2) is 23.5 Å². The first-order valence-corrected chi connectivity index (χ1v) is 13.1. The zero-order chi connectivity index (χ0) is 28.5. The van der Waals surface area contributed by atoms with Crippen molar-refractivity contribution in [1.29, 1.82) is 0 Å². The maximum atomic E-state index is 13.5. The summed E-state index contributed by atoms with van der Waals surface area (Å²) in [6.07, 6.45) is 1.76. The number of fused-ring (bicyclic) bond motifs is 1. The molecule has 1 atom stereocenters. The van der Waals surface area contributed by atoms with Gasteiger partial charge in [-0.25, -0.2) is 4.79 Å².